The SMILES string of the molecule is COc1ncccc1C(=O)Nc1ccc(C(=O)N2Cc3ccccc3Nc3ccccc32)cn1. The van der Waals surface area contributed by atoms with Gasteiger partial charge in [0, 0.05) is 18.1 Å². The van der Waals surface area contributed by atoms with Crippen molar-refractivity contribution >= 4 is 34.7 Å². The molecule has 1 aliphatic rings. The van der Waals surface area contributed by atoms with Gasteiger partial charge in [-0.2, -0.15) is 0 Å². The fourth-order valence-corrected chi connectivity index (χ4v) is 3.84. The summed E-state index contributed by atoms with van der Waals surface area (Å²) in [4.78, 5) is 36.2. The summed E-state index contributed by atoms with van der Waals surface area (Å²) in [6.07, 6.45) is 3.01. The smallest absolute Gasteiger partial charge is 0.262 e. The monoisotopic (exact) mass is 451 g/mol. The molecule has 0 aliphatic carbocycles. The Labute approximate surface area is 196 Å². The third kappa shape index (κ3) is 4.04. The topological polar surface area (TPSA) is 96.4 Å². The van der Waals surface area contributed by atoms with Gasteiger partial charge in [0.15, 0.2) is 0 Å². The van der Waals surface area contributed by atoms with E-state index >= 15 is 0 Å². The molecule has 2 N–H and O–H groups in total. The van der Waals surface area contributed by atoms with Gasteiger partial charge in [0.2, 0.25) is 5.88 Å². The maximum absolute atomic E-state index is 13.5. The van der Waals surface area contributed by atoms with E-state index in [4.69, 9.17) is 4.74 Å². The van der Waals surface area contributed by atoms with Crippen LogP contribution in [0.25, 0.3) is 0 Å². The van der Waals surface area contributed by atoms with Crippen molar-refractivity contribution in [2.24, 2.45) is 0 Å². The van der Waals surface area contributed by atoms with Crippen LogP contribution in [0.5, 0.6) is 5.88 Å². The van der Waals surface area contributed by atoms with E-state index in [0.29, 0.717) is 23.5 Å². The van der Waals surface area contributed by atoms with Crippen molar-refractivity contribution in [1.82, 2.24) is 9.97 Å². The lowest BCUT2D eigenvalue weighted by atomic mass is 10.1. The number of carbonyl (C=O) groups is 2. The summed E-state index contributed by atoms with van der Waals surface area (Å²) in [5.74, 6) is -0.0536. The summed E-state index contributed by atoms with van der Waals surface area (Å²) in [5, 5.41) is 6.13. The van der Waals surface area contributed by atoms with Crippen molar-refractivity contribution in [1.29, 1.82) is 0 Å². The summed E-state index contributed by atoms with van der Waals surface area (Å²) in [6, 6.07) is 22.1. The average molecular weight is 451 g/mol. The normalized spacial score (nSPS) is 12.0. The number of para-hydroxylation sites is 3. The molecular formula is C26H21N5O3. The molecule has 0 spiro atoms. The number of ether oxygens (including phenoxy) is 1. The van der Waals surface area contributed by atoms with Gasteiger partial charge in [-0.25, -0.2) is 9.97 Å². The molecule has 0 bridgehead atoms. The zero-order chi connectivity index (χ0) is 23.5. The molecule has 8 nitrogen and oxygen atoms in total. The highest BCUT2D eigenvalue weighted by molar-refractivity contribution is 6.09. The fraction of sp³-hybridized carbons (Fsp3) is 0.0769. The average Bonchev–Trinajstić information content (AvgIpc) is 3.05. The van der Waals surface area contributed by atoms with E-state index < -0.39 is 5.91 Å². The Morgan fingerprint density at radius 1 is 0.941 bits per heavy atom. The third-order valence-electron chi connectivity index (χ3n) is 5.52. The number of nitrogens with one attached hydrogen (secondary N) is 2. The number of benzene rings is 2. The molecule has 0 radical (unpaired) electrons. The van der Waals surface area contributed by atoms with Gasteiger partial charge in [-0.15, -0.1) is 0 Å². The molecule has 2 aromatic carbocycles. The summed E-state index contributed by atoms with van der Waals surface area (Å²) < 4.78 is 5.14. The summed E-state index contributed by atoms with van der Waals surface area (Å²) in [7, 11) is 1.45. The van der Waals surface area contributed by atoms with Crippen molar-refractivity contribution in [3.05, 3.63) is 102 Å². The van der Waals surface area contributed by atoms with Gasteiger partial charge < -0.3 is 20.3 Å². The second-order valence-corrected chi connectivity index (χ2v) is 7.64. The minimum atomic E-state index is -0.402. The number of methoxy groups -OCH3 is 1. The van der Waals surface area contributed by atoms with Gasteiger partial charge in [0.05, 0.1) is 30.6 Å². The number of fused-ring (bicyclic) bond motifs is 2. The number of amides is 2. The molecule has 2 amide bonds. The van der Waals surface area contributed by atoms with Crippen molar-refractivity contribution in [3.8, 4) is 5.88 Å². The Morgan fingerprint density at radius 3 is 2.53 bits per heavy atom. The van der Waals surface area contributed by atoms with Crippen LogP contribution in [0.4, 0.5) is 22.9 Å². The van der Waals surface area contributed by atoms with Crippen LogP contribution in [0.15, 0.2) is 85.2 Å². The van der Waals surface area contributed by atoms with E-state index in [1.165, 1.54) is 13.3 Å². The van der Waals surface area contributed by atoms with Crippen molar-refractivity contribution in [2.45, 2.75) is 6.54 Å². The first-order valence-electron chi connectivity index (χ1n) is 10.7. The number of carbonyl (C=O) groups excluding carboxylic acids is 2. The van der Waals surface area contributed by atoms with Gasteiger partial charge >= 0.3 is 0 Å². The minimum absolute atomic E-state index is 0.190. The van der Waals surface area contributed by atoms with Gasteiger partial charge in [0.1, 0.15) is 11.4 Å². The lowest BCUT2D eigenvalue weighted by Crippen LogP contribution is -2.30. The number of pyridine rings is 2. The molecule has 0 unspecified atom stereocenters. The molecule has 3 heterocycles. The van der Waals surface area contributed by atoms with Crippen LogP contribution in [0, 0.1) is 0 Å². The molecule has 8 heteroatoms. The first-order chi connectivity index (χ1) is 16.6. The highest BCUT2D eigenvalue weighted by atomic mass is 16.5. The molecule has 1 aliphatic heterocycles. The largest absolute Gasteiger partial charge is 0.480 e. The van der Waals surface area contributed by atoms with Crippen molar-refractivity contribution < 1.29 is 14.3 Å². The van der Waals surface area contributed by atoms with Crippen LogP contribution in [-0.4, -0.2) is 28.9 Å². The van der Waals surface area contributed by atoms with E-state index in [1.807, 2.05) is 48.5 Å². The first-order valence-corrected chi connectivity index (χ1v) is 10.7. The molecule has 168 valence electrons. The second-order valence-electron chi connectivity index (χ2n) is 7.64. The van der Waals surface area contributed by atoms with Crippen LogP contribution < -0.4 is 20.3 Å². The zero-order valence-corrected chi connectivity index (χ0v) is 18.4. The molecule has 34 heavy (non-hydrogen) atoms. The molecule has 0 atom stereocenters. The first kappa shape index (κ1) is 21.1. The van der Waals surface area contributed by atoms with Gasteiger partial charge in [-0.05, 0) is 48.0 Å². The van der Waals surface area contributed by atoms with Crippen LogP contribution >= 0.6 is 0 Å². The van der Waals surface area contributed by atoms with E-state index in [0.717, 1.165) is 22.6 Å². The number of aromatic nitrogens is 2. The number of hydrogen-bond acceptors (Lipinski definition) is 6. The standard InChI is InChI=1S/C26H21N5O3/c1-34-25-19(8-6-14-27-25)24(32)30-23-13-12-17(15-28-23)26(33)31-16-18-7-2-3-9-20(18)29-21-10-4-5-11-22(21)31/h2-15,29H,16H2,1H3,(H,28,30,32). The molecule has 4 aromatic rings. The fourth-order valence-electron chi connectivity index (χ4n) is 3.84. The number of hydrogen-bond donors (Lipinski definition) is 2. The van der Waals surface area contributed by atoms with Crippen LogP contribution in [0.3, 0.4) is 0 Å². The summed E-state index contributed by atoms with van der Waals surface area (Å²) in [6.45, 7) is 0.415. The highest BCUT2D eigenvalue weighted by Crippen LogP contribution is 2.36. The predicted molar refractivity (Wildman–Crippen MR) is 130 cm³/mol. The molecule has 0 saturated heterocycles. The second kappa shape index (κ2) is 9.03. The molecule has 0 saturated carbocycles. The van der Waals surface area contributed by atoms with Crippen LogP contribution in [-0.2, 0) is 6.54 Å². The Bertz CT molecular complexity index is 1370. The van der Waals surface area contributed by atoms with E-state index in [1.54, 1.807) is 35.4 Å². The lowest BCUT2D eigenvalue weighted by Gasteiger charge is -2.22. The lowest BCUT2D eigenvalue weighted by molar-refractivity contribution is 0.0984. The number of rotatable bonds is 4. The number of anilines is 4. The minimum Gasteiger partial charge on any atom is -0.480 e. The molecule has 0 fully saturated rings. The maximum atomic E-state index is 13.5. The van der Waals surface area contributed by atoms with Crippen molar-refractivity contribution in [2.75, 3.05) is 22.6 Å². The quantitative estimate of drug-likeness (QED) is 0.469. The molecule has 5 rings (SSSR count). The molecular weight excluding hydrogens is 430 g/mol. The molecule has 2 aromatic heterocycles. The predicted octanol–water partition coefficient (Wildman–Crippen LogP) is 4.64. The third-order valence-corrected chi connectivity index (χ3v) is 5.52. The summed E-state index contributed by atoms with van der Waals surface area (Å²) in [5.41, 5.74) is 4.31. The Morgan fingerprint density at radius 2 is 1.74 bits per heavy atom. The highest BCUT2D eigenvalue weighted by Gasteiger charge is 2.25. The van der Waals surface area contributed by atoms with E-state index in [9.17, 15) is 9.59 Å². The summed E-state index contributed by atoms with van der Waals surface area (Å²) >= 11 is 0. The van der Waals surface area contributed by atoms with Gasteiger partial charge in [-0.1, -0.05) is 30.3 Å². The Balaban J connectivity index is 1.39. The number of nitrogens with zero attached hydrogens (tertiary/aromatic N) is 3. The van der Waals surface area contributed by atoms with E-state index in [2.05, 4.69) is 20.6 Å². The maximum Gasteiger partial charge on any atom is 0.262 e. The van der Waals surface area contributed by atoms with Crippen LogP contribution in [0.1, 0.15) is 26.3 Å². The van der Waals surface area contributed by atoms with Gasteiger partial charge in [-0.3, -0.25) is 9.59 Å². The van der Waals surface area contributed by atoms with Crippen molar-refractivity contribution in [3.63, 3.8) is 0 Å². The van der Waals surface area contributed by atoms with Crippen LogP contribution in [0.2, 0.25) is 0 Å². The Kier molecular flexibility index (Phi) is 5.61. The van der Waals surface area contributed by atoms with Gasteiger partial charge in [0.25, 0.3) is 11.8 Å². The Hall–Kier alpha value is -4.72. The van der Waals surface area contributed by atoms with E-state index in [-0.39, 0.29) is 11.8 Å². The zero-order valence-electron chi connectivity index (χ0n) is 18.4.